The second kappa shape index (κ2) is 20.4. The second-order valence-electron chi connectivity index (χ2n) is 16.7. The molecule has 7 rings (SSSR count). The van der Waals surface area contributed by atoms with Crippen molar-refractivity contribution >= 4 is 12.0 Å². The average molecular weight is 908 g/mol. The molecule has 11 unspecified atom stereocenters. The standard InChI is InChI=1S/C42H57N3O19/c1-16-11-23(29(50)31(52)28(16)49)44-27-17(2)60-40(35(56)30(27)51)63-38-25(14-47)62-41(36(57)33(38)54)64-37-24(13-46)61-39(34(55)32(37)53)45-26(48)12-43-42(58)59-15-22-20-9-5-3-7-18(20)19-8-4-6-10-21(19)22/h3-11,17,22-25,27-41,44,46-47,49-57H,12-15H2,1-2H3,(H,43,58)(H,45,48)/t17?,23-,24?,25?,27+,28+,29?,30?,31?,32?,33?,34?,35?,36?,37+,38+,39-,40+,41+/m1/s1. The van der Waals surface area contributed by atoms with Crippen LogP contribution in [0.5, 0.6) is 0 Å². The molecule has 14 N–H and O–H groups in total. The predicted molar refractivity (Wildman–Crippen MR) is 215 cm³/mol. The summed E-state index contributed by atoms with van der Waals surface area (Å²) < 4.78 is 34.1. The number of carbonyl (C=O) groups excluding carboxylic acids is 2. The van der Waals surface area contributed by atoms with Gasteiger partial charge in [-0.3, -0.25) is 4.79 Å². The molecule has 22 heteroatoms. The van der Waals surface area contributed by atoms with Crippen molar-refractivity contribution in [2.75, 3.05) is 26.4 Å². The minimum Gasteiger partial charge on any atom is -0.449 e. The van der Waals surface area contributed by atoms with E-state index in [0.29, 0.717) is 5.57 Å². The SMILES string of the molecule is CC1=C[C@@H](N[C@H]2C(C)O[C@@H](O[C@H]3C(CO)O[C@@H](O[C@H]4C(CO)O[C@@H](NC(=O)CNC(=O)OCC5c6ccccc6-c6ccccc65)C(O)C4O)C(O)C3O)C(O)C2O)C(O)C(O)[C@H]1O. The van der Waals surface area contributed by atoms with Crippen LogP contribution in [-0.4, -0.2) is 211 Å². The van der Waals surface area contributed by atoms with Crippen molar-refractivity contribution in [1.82, 2.24) is 16.0 Å². The molecule has 354 valence electrons. The van der Waals surface area contributed by atoms with Gasteiger partial charge in [-0.05, 0) is 41.7 Å². The molecule has 0 saturated carbocycles. The number of alkyl carbamates (subject to hydrolysis) is 1. The lowest BCUT2D eigenvalue weighted by Crippen LogP contribution is -2.69. The number of carbonyl (C=O) groups is 2. The Kier molecular flexibility index (Phi) is 15.4. The second-order valence-corrected chi connectivity index (χ2v) is 16.7. The molecular formula is C42H57N3O19. The largest absolute Gasteiger partial charge is 0.449 e. The molecule has 2 aromatic carbocycles. The van der Waals surface area contributed by atoms with E-state index in [0.717, 1.165) is 22.3 Å². The van der Waals surface area contributed by atoms with Gasteiger partial charge in [0.05, 0.1) is 31.4 Å². The monoisotopic (exact) mass is 907 g/mol. The topological polar surface area (TPSA) is 348 Å². The summed E-state index contributed by atoms with van der Waals surface area (Å²) in [4.78, 5) is 25.5. The summed E-state index contributed by atoms with van der Waals surface area (Å²) in [6, 6.07) is 13.5. The van der Waals surface area contributed by atoms with Gasteiger partial charge in [0.1, 0.15) is 92.5 Å². The highest BCUT2D eigenvalue weighted by molar-refractivity contribution is 5.82. The third kappa shape index (κ3) is 9.70. The summed E-state index contributed by atoms with van der Waals surface area (Å²) in [7, 11) is 0. The maximum atomic E-state index is 12.8. The summed E-state index contributed by atoms with van der Waals surface area (Å²) in [6.45, 7) is 0.691. The molecule has 2 aliphatic carbocycles. The molecular weight excluding hydrogens is 850 g/mol. The zero-order valence-electron chi connectivity index (χ0n) is 34.8. The number of ether oxygens (including phenoxy) is 6. The Balaban J connectivity index is 0.898. The zero-order valence-corrected chi connectivity index (χ0v) is 34.8. The Morgan fingerprint density at radius 3 is 1.83 bits per heavy atom. The van der Waals surface area contributed by atoms with Gasteiger partial charge in [0.2, 0.25) is 5.91 Å². The summed E-state index contributed by atoms with van der Waals surface area (Å²) in [5.41, 5.74) is 4.42. The third-order valence-corrected chi connectivity index (χ3v) is 12.5. The summed E-state index contributed by atoms with van der Waals surface area (Å²) in [5.74, 6) is -1.08. The van der Waals surface area contributed by atoms with Crippen LogP contribution in [0, 0.1) is 0 Å². The van der Waals surface area contributed by atoms with Gasteiger partial charge in [-0.25, -0.2) is 4.79 Å². The first kappa shape index (κ1) is 48.2. The molecule has 3 heterocycles. The highest BCUT2D eigenvalue weighted by Gasteiger charge is 2.54. The van der Waals surface area contributed by atoms with Crippen LogP contribution in [0.25, 0.3) is 11.1 Å². The van der Waals surface area contributed by atoms with Crippen LogP contribution < -0.4 is 16.0 Å². The maximum Gasteiger partial charge on any atom is 0.407 e. The van der Waals surface area contributed by atoms with Crippen molar-refractivity contribution in [3.05, 3.63) is 71.3 Å². The Morgan fingerprint density at radius 2 is 1.22 bits per heavy atom. The molecule has 3 saturated heterocycles. The highest BCUT2D eigenvalue weighted by atomic mass is 16.7. The molecule has 2 amide bonds. The number of hydrogen-bond acceptors (Lipinski definition) is 20. The molecule has 64 heavy (non-hydrogen) atoms. The van der Waals surface area contributed by atoms with Gasteiger partial charge in [0.25, 0.3) is 0 Å². The molecule has 19 atom stereocenters. The molecule has 0 radical (unpaired) electrons. The number of rotatable bonds is 13. The van der Waals surface area contributed by atoms with Crippen molar-refractivity contribution in [3.8, 4) is 11.1 Å². The van der Waals surface area contributed by atoms with Crippen LogP contribution in [0.3, 0.4) is 0 Å². The van der Waals surface area contributed by atoms with Crippen molar-refractivity contribution < 1.29 is 94.2 Å². The first-order chi connectivity index (χ1) is 30.5. The molecule has 5 aliphatic rings. The van der Waals surface area contributed by atoms with E-state index in [1.54, 1.807) is 6.92 Å². The molecule has 0 aromatic heterocycles. The number of fused-ring (bicyclic) bond motifs is 3. The predicted octanol–water partition coefficient (Wildman–Crippen LogP) is -4.87. The van der Waals surface area contributed by atoms with E-state index >= 15 is 0 Å². The van der Waals surface area contributed by atoms with E-state index in [1.807, 2.05) is 48.5 Å². The van der Waals surface area contributed by atoms with Gasteiger partial charge < -0.3 is 101 Å². The summed E-state index contributed by atoms with van der Waals surface area (Å²) in [6.07, 6.45) is -27.3. The van der Waals surface area contributed by atoms with Crippen LogP contribution in [0.2, 0.25) is 0 Å². The lowest BCUT2D eigenvalue weighted by molar-refractivity contribution is -0.368. The van der Waals surface area contributed by atoms with E-state index in [2.05, 4.69) is 16.0 Å². The van der Waals surface area contributed by atoms with Gasteiger partial charge >= 0.3 is 6.09 Å². The number of hydrogen-bond donors (Lipinski definition) is 14. The van der Waals surface area contributed by atoms with Crippen molar-refractivity contribution in [2.24, 2.45) is 0 Å². The van der Waals surface area contributed by atoms with E-state index in [-0.39, 0.29) is 12.5 Å². The van der Waals surface area contributed by atoms with E-state index < -0.39 is 148 Å². The Labute approximate surface area is 366 Å². The van der Waals surface area contributed by atoms with Crippen LogP contribution >= 0.6 is 0 Å². The number of amides is 2. The highest BCUT2D eigenvalue weighted by Crippen LogP contribution is 2.44. The Morgan fingerprint density at radius 1 is 0.672 bits per heavy atom. The minimum atomic E-state index is -2.00. The van der Waals surface area contributed by atoms with Gasteiger partial charge in [0, 0.05) is 5.92 Å². The Hall–Kier alpha value is -3.76. The van der Waals surface area contributed by atoms with E-state index in [1.165, 1.54) is 13.0 Å². The maximum absolute atomic E-state index is 12.8. The van der Waals surface area contributed by atoms with Gasteiger partial charge in [-0.15, -0.1) is 0 Å². The molecule has 0 bridgehead atoms. The smallest absolute Gasteiger partial charge is 0.407 e. The first-order valence-electron chi connectivity index (χ1n) is 21.0. The number of benzene rings is 2. The number of aliphatic hydroxyl groups is 11. The minimum absolute atomic E-state index is 0.00628. The van der Waals surface area contributed by atoms with Crippen molar-refractivity contribution in [1.29, 1.82) is 0 Å². The Bertz CT molecular complexity index is 1910. The van der Waals surface area contributed by atoms with Gasteiger partial charge in [-0.1, -0.05) is 54.6 Å². The number of aliphatic hydroxyl groups excluding tert-OH is 11. The summed E-state index contributed by atoms with van der Waals surface area (Å²) >= 11 is 0. The van der Waals surface area contributed by atoms with Crippen LogP contribution in [0.15, 0.2) is 60.2 Å². The van der Waals surface area contributed by atoms with Crippen molar-refractivity contribution in [2.45, 2.75) is 136 Å². The first-order valence-corrected chi connectivity index (χ1v) is 21.0. The van der Waals surface area contributed by atoms with Crippen LogP contribution in [0.1, 0.15) is 30.9 Å². The van der Waals surface area contributed by atoms with Crippen LogP contribution in [0.4, 0.5) is 4.79 Å². The van der Waals surface area contributed by atoms with Gasteiger partial charge in [-0.2, -0.15) is 0 Å². The lowest BCUT2D eigenvalue weighted by atomic mass is 9.87. The van der Waals surface area contributed by atoms with Crippen LogP contribution in [-0.2, 0) is 33.2 Å². The normalized spacial score (nSPS) is 39.9. The van der Waals surface area contributed by atoms with Crippen molar-refractivity contribution in [3.63, 3.8) is 0 Å². The quantitative estimate of drug-likeness (QED) is 0.0838. The van der Waals surface area contributed by atoms with E-state index in [9.17, 15) is 65.8 Å². The lowest BCUT2D eigenvalue weighted by Gasteiger charge is -2.49. The molecule has 22 nitrogen and oxygen atoms in total. The molecule has 2 aromatic rings. The third-order valence-electron chi connectivity index (χ3n) is 12.5. The number of nitrogens with one attached hydrogen (secondary N) is 3. The average Bonchev–Trinajstić information content (AvgIpc) is 3.61. The zero-order chi connectivity index (χ0) is 46.1. The van der Waals surface area contributed by atoms with Gasteiger partial charge in [0.15, 0.2) is 18.8 Å². The molecule has 3 fully saturated rings. The fraction of sp³-hybridized carbons (Fsp3) is 0.619. The fourth-order valence-corrected chi connectivity index (χ4v) is 8.92. The molecule has 0 spiro atoms. The molecule has 3 aliphatic heterocycles. The summed E-state index contributed by atoms with van der Waals surface area (Å²) in [5, 5.41) is 125. The fourth-order valence-electron chi connectivity index (χ4n) is 8.92. The van der Waals surface area contributed by atoms with E-state index in [4.69, 9.17) is 28.4 Å².